The fourth-order valence-electron chi connectivity index (χ4n) is 2.67. The van der Waals surface area contributed by atoms with Crippen molar-refractivity contribution < 1.29 is 26.4 Å². The number of carbonyl (C=O) groups is 1. The highest BCUT2D eigenvalue weighted by Crippen LogP contribution is 2.39. The number of hydrogen-bond donors (Lipinski definition) is 2. The summed E-state index contributed by atoms with van der Waals surface area (Å²) in [6.45, 7) is 1.39. The summed E-state index contributed by atoms with van der Waals surface area (Å²) in [5.41, 5.74) is -0.795. The van der Waals surface area contributed by atoms with Crippen molar-refractivity contribution in [2.45, 2.75) is 17.7 Å². The number of sulfonamides is 1. The first-order valence-electron chi connectivity index (χ1n) is 6.82. The second-order valence-corrected chi connectivity index (χ2v) is 6.91. The molecule has 0 aliphatic carbocycles. The van der Waals surface area contributed by atoms with Crippen molar-refractivity contribution in [3.05, 3.63) is 58.9 Å². The fraction of sp³-hybridized carbons (Fsp3) is 0.133. The number of amides is 2. The molecular weight excluding hydrogens is 345 g/mol. The molecule has 0 aromatic heterocycles. The van der Waals surface area contributed by atoms with Crippen LogP contribution < -0.4 is 10.0 Å². The molecule has 1 unspecified atom stereocenters. The summed E-state index contributed by atoms with van der Waals surface area (Å²) in [6, 6.07) is 4.83. The topological polar surface area (TPSA) is 75.3 Å². The molecule has 2 aromatic carbocycles. The second kappa shape index (κ2) is 5.52. The van der Waals surface area contributed by atoms with Crippen LogP contribution in [0.25, 0.3) is 0 Å². The summed E-state index contributed by atoms with van der Waals surface area (Å²) in [6.07, 6.45) is 0. The Morgan fingerprint density at radius 2 is 1.75 bits per heavy atom. The Balaban J connectivity index is 2.31. The molecule has 1 heterocycles. The molecule has 24 heavy (non-hydrogen) atoms. The number of halogens is 3. The highest BCUT2D eigenvalue weighted by molar-refractivity contribution is 7.90. The van der Waals surface area contributed by atoms with E-state index in [1.165, 1.54) is 25.1 Å². The van der Waals surface area contributed by atoms with Crippen LogP contribution in [-0.2, 0) is 10.0 Å². The minimum Gasteiger partial charge on any atom is -0.305 e. The number of nitrogens with one attached hydrogen (secondary N) is 2. The molecule has 2 N–H and O–H groups in total. The van der Waals surface area contributed by atoms with Gasteiger partial charge in [-0.05, 0) is 17.7 Å². The Hall–Kier alpha value is -2.55. The number of urea groups is 1. The van der Waals surface area contributed by atoms with Gasteiger partial charge in [-0.25, -0.2) is 31.1 Å². The third kappa shape index (κ3) is 2.50. The molecule has 2 amide bonds. The van der Waals surface area contributed by atoms with Crippen LogP contribution in [0.2, 0.25) is 0 Å². The van der Waals surface area contributed by atoms with Gasteiger partial charge in [0.25, 0.3) is 10.0 Å². The number of anilines is 1. The minimum atomic E-state index is -4.34. The molecule has 0 spiro atoms. The molecule has 0 saturated carbocycles. The van der Waals surface area contributed by atoms with Crippen LogP contribution in [0.1, 0.15) is 24.0 Å². The van der Waals surface area contributed by atoms with Gasteiger partial charge in [0.1, 0.15) is 10.7 Å². The van der Waals surface area contributed by atoms with E-state index in [1.807, 2.05) is 0 Å². The van der Waals surface area contributed by atoms with Gasteiger partial charge < -0.3 is 5.32 Å². The molecular formula is C15H11F3N2O3S. The van der Waals surface area contributed by atoms with Crippen LogP contribution in [-0.4, -0.2) is 14.4 Å². The van der Waals surface area contributed by atoms with Crippen molar-refractivity contribution in [3.63, 3.8) is 0 Å². The quantitative estimate of drug-likeness (QED) is 0.868. The summed E-state index contributed by atoms with van der Waals surface area (Å²) >= 11 is 0. The lowest BCUT2D eigenvalue weighted by Gasteiger charge is -2.25. The Morgan fingerprint density at radius 3 is 2.42 bits per heavy atom. The normalized spacial score (nSPS) is 16.8. The molecule has 1 aliphatic rings. The molecule has 0 fully saturated rings. The van der Waals surface area contributed by atoms with Gasteiger partial charge >= 0.3 is 6.03 Å². The molecule has 0 radical (unpaired) electrons. The molecule has 2 aromatic rings. The van der Waals surface area contributed by atoms with Crippen LogP contribution in [0, 0.1) is 17.5 Å². The predicted molar refractivity (Wildman–Crippen MR) is 79.6 cm³/mol. The number of hydrogen-bond acceptors (Lipinski definition) is 3. The smallest absolute Gasteiger partial charge is 0.305 e. The highest BCUT2D eigenvalue weighted by Gasteiger charge is 2.35. The van der Waals surface area contributed by atoms with Crippen molar-refractivity contribution in [2.24, 2.45) is 0 Å². The van der Waals surface area contributed by atoms with Crippen molar-refractivity contribution in [3.8, 4) is 0 Å². The maximum atomic E-state index is 14.4. The maximum absolute atomic E-state index is 14.4. The zero-order valence-electron chi connectivity index (χ0n) is 12.2. The van der Waals surface area contributed by atoms with Crippen LogP contribution in [0.5, 0.6) is 0 Å². The molecule has 5 nitrogen and oxygen atoms in total. The zero-order valence-corrected chi connectivity index (χ0v) is 13.0. The highest BCUT2D eigenvalue weighted by atomic mass is 32.2. The Kier molecular flexibility index (Phi) is 3.75. The van der Waals surface area contributed by atoms with Gasteiger partial charge in [0.15, 0.2) is 11.6 Å². The average Bonchev–Trinajstić information content (AvgIpc) is 2.49. The Bertz CT molecular complexity index is 961. The van der Waals surface area contributed by atoms with E-state index in [2.05, 4.69) is 5.32 Å². The van der Waals surface area contributed by atoms with Crippen LogP contribution in [0.3, 0.4) is 0 Å². The standard InChI is InChI=1S/C15H11F3N2O3S/c1-7(8-4-2-3-5-9(8)16)12-13(18)10(17)6-11-14(12)19-15(21)20-24(11,22)23/h2-7H,1H3,(H2,19,20,21). The van der Waals surface area contributed by atoms with E-state index in [4.69, 9.17) is 0 Å². The first-order valence-corrected chi connectivity index (χ1v) is 8.31. The van der Waals surface area contributed by atoms with Gasteiger partial charge in [0, 0.05) is 11.5 Å². The minimum absolute atomic E-state index is 0.0365. The summed E-state index contributed by atoms with van der Waals surface area (Å²) in [4.78, 5) is 10.9. The van der Waals surface area contributed by atoms with E-state index >= 15 is 0 Å². The molecule has 1 atom stereocenters. The van der Waals surface area contributed by atoms with Gasteiger partial charge in [-0.15, -0.1) is 0 Å². The lowest BCUT2D eigenvalue weighted by Crippen LogP contribution is -2.40. The fourth-order valence-corrected chi connectivity index (χ4v) is 3.76. The van der Waals surface area contributed by atoms with Crippen molar-refractivity contribution in [2.75, 3.05) is 5.32 Å². The monoisotopic (exact) mass is 356 g/mol. The number of fused-ring (bicyclic) bond motifs is 1. The lowest BCUT2D eigenvalue weighted by molar-refractivity contribution is 0.256. The Labute approximate surface area is 135 Å². The summed E-state index contributed by atoms with van der Waals surface area (Å²) < 4.78 is 67.9. The average molecular weight is 356 g/mol. The molecule has 3 rings (SSSR count). The number of carbonyl (C=O) groups excluding carboxylic acids is 1. The van der Waals surface area contributed by atoms with Crippen molar-refractivity contribution in [1.29, 1.82) is 0 Å². The first-order chi connectivity index (χ1) is 11.2. The molecule has 0 bridgehead atoms. The van der Waals surface area contributed by atoms with Gasteiger partial charge in [-0.1, -0.05) is 25.1 Å². The molecule has 1 aliphatic heterocycles. The third-order valence-electron chi connectivity index (χ3n) is 3.78. The van der Waals surface area contributed by atoms with Crippen LogP contribution in [0.15, 0.2) is 35.2 Å². The van der Waals surface area contributed by atoms with Crippen molar-refractivity contribution in [1.82, 2.24) is 4.72 Å². The summed E-state index contributed by atoms with van der Waals surface area (Å²) in [5.74, 6) is -4.45. The molecule has 9 heteroatoms. The van der Waals surface area contributed by atoms with Crippen LogP contribution >= 0.6 is 0 Å². The first kappa shape index (κ1) is 16.3. The van der Waals surface area contributed by atoms with E-state index in [1.54, 1.807) is 4.72 Å². The zero-order chi connectivity index (χ0) is 17.6. The molecule has 126 valence electrons. The largest absolute Gasteiger partial charge is 0.333 e. The van der Waals surface area contributed by atoms with E-state index in [9.17, 15) is 26.4 Å². The van der Waals surface area contributed by atoms with E-state index in [0.717, 1.165) is 6.07 Å². The molecule has 0 saturated heterocycles. The lowest BCUT2D eigenvalue weighted by atomic mass is 9.90. The van der Waals surface area contributed by atoms with E-state index in [0.29, 0.717) is 6.07 Å². The van der Waals surface area contributed by atoms with Gasteiger partial charge in [-0.2, -0.15) is 0 Å². The van der Waals surface area contributed by atoms with Crippen LogP contribution in [0.4, 0.5) is 23.7 Å². The number of rotatable bonds is 2. The summed E-state index contributed by atoms with van der Waals surface area (Å²) in [7, 11) is -4.34. The van der Waals surface area contributed by atoms with E-state index in [-0.39, 0.29) is 5.56 Å². The summed E-state index contributed by atoms with van der Waals surface area (Å²) in [5, 5.41) is 2.16. The van der Waals surface area contributed by atoms with Gasteiger partial charge in [-0.3, -0.25) is 0 Å². The SMILES string of the molecule is CC(c1ccccc1F)c1c(F)c(F)cc2c1NC(=O)NS2(=O)=O. The Morgan fingerprint density at radius 1 is 1.08 bits per heavy atom. The number of benzene rings is 2. The third-order valence-corrected chi connectivity index (χ3v) is 5.13. The maximum Gasteiger partial charge on any atom is 0.333 e. The van der Waals surface area contributed by atoms with Gasteiger partial charge in [0.2, 0.25) is 0 Å². The van der Waals surface area contributed by atoms with Gasteiger partial charge in [0.05, 0.1) is 5.69 Å². The predicted octanol–water partition coefficient (Wildman–Crippen LogP) is 3.08. The second-order valence-electron chi connectivity index (χ2n) is 5.26. The van der Waals surface area contributed by atoms with E-state index < -0.39 is 55.6 Å². The van der Waals surface area contributed by atoms with Crippen molar-refractivity contribution >= 4 is 21.7 Å².